The zero-order valence-corrected chi connectivity index (χ0v) is 12.4. The molecular weight excluding hydrogens is 295 g/mol. The second kappa shape index (κ2) is 6.62. The maximum absolute atomic E-state index is 12.8. The number of pyridine rings is 1. The van der Waals surface area contributed by atoms with Gasteiger partial charge in [0, 0.05) is 16.6 Å². The molecule has 0 fully saturated rings. The smallest absolute Gasteiger partial charge is 0.150 e. The summed E-state index contributed by atoms with van der Waals surface area (Å²) in [5, 5.41) is 10.0. The highest BCUT2D eigenvalue weighted by molar-refractivity contribution is 5.86. The summed E-state index contributed by atoms with van der Waals surface area (Å²) >= 11 is 0. The van der Waals surface area contributed by atoms with Gasteiger partial charge in [-0.05, 0) is 24.3 Å². The lowest BCUT2D eigenvalue weighted by Gasteiger charge is -2.15. The number of anilines is 1. The van der Waals surface area contributed by atoms with Crippen LogP contribution in [0.4, 0.5) is 10.1 Å². The summed E-state index contributed by atoms with van der Waals surface area (Å²) < 4.78 is 18.3. The largest absolute Gasteiger partial charge is 0.483 e. The number of benzene rings is 2. The first-order chi connectivity index (χ1) is 11.2. The van der Waals surface area contributed by atoms with Crippen molar-refractivity contribution in [1.82, 2.24) is 4.98 Å². The summed E-state index contributed by atoms with van der Waals surface area (Å²) in [6.45, 7) is -1.14. The molecule has 3 aromatic rings. The molecule has 3 rings (SSSR count). The fourth-order valence-corrected chi connectivity index (χ4v) is 2.33. The van der Waals surface area contributed by atoms with Gasteiger partial charge in [0.25, 0.3) is 0 Å². The number of rotatable bonds is 5. The van der Waals surface area contributed by atoms with E-state index in [1.165, 1.54) is 0 Å². The van der Waals surface area contributed by atoms with E-state index >= 15 is 0 Å². The number of aliphatic hydroxyl groups is 1. The van der Waals surface area contributed by atoms with Crippen LogP contribution in [0.15, 0.2) is 54.6 Å². The molecule has 0 spiro atoms. The minimum Gasteiger partial charge on any atom is -0.483 e. The second-order valence-electron chi connectivity index (χ2n) is 5.22. The van der Waals surface area contributed by atoms with Crippen LogP contribution in [0.5, 0.6) is 5.75 Å². The van der Waals surface area contributed by atoms with E-state index in [1.807, 2.05) is 48.5 Å². The maximum Gasteiger partial charge on any atom is 0.150 e. The normalized spacial score (nSPS) is 12.3. The van der Waals surface area contributed by atoms with Crippen LogP contribution in [-0.4, -0.2) is 29.5 Å². The van der Waals surface area contributed by atoms with Crippen molar-refractivity contribution in [3.63, 3.8) is 0 Å². The fourth-order valence-electron chi connectivity index (χ4n) is 2.33. The maximum atomic E-state index is 12.8. The molecule has 1 aromatic heterocycles. The number of alkyl halides is 1. The monoisotopic (exact) mass is 312 g/mol. The highest BCUT2D eigenvalue weighted by Gasteiger charge is 2.12. The van der Waals surface area contributed by atoms with Crippen molar-refractivity contribution in [1.29, 1.82) is 0 Å². The number of ether oxygens (including phenoxy) is 1. The number of para-hydroxylation sites is 1. The van der Waals surface area contributed by atoms with Gasteiger partial charge in [-0.15, -0.1) is 0 Å². The Morgan fingerprint density at radius 2 is 1.87 bits per heavy atom. The number of hydrogen-bond acceptors (Lipinski definition) is 4. The molecule has 0 aliphatic rings. The molecule has 1 atom stereocenters. The molecule has 2 aromatic carbocycles. The quantitative estimate of drug-likeness (QED) is 0.710. The molecule has 23 heavy (non-hydrogen) atoms. The Morgan fingerprint density at radius 1 is 1.09 bits per heavy atom. The number of halogens is 1. The predicted molar refractivity (Wildman–Crippen MR) is 89.1 cm³/mol. The fraction of sp³-hybridized carbons (Fsp3) is 0.167. The van der Waals surface area contributed by atoms with Gasteiger partial charge >= 0.3 is 0 Å². The Hall–Kier alpha value is -2.66. The average molecular weight is 312 g/mol. The highest BCUT2D eigenvalue weighted by Crippen LogP contribution is 2.28. The molecule has 118 valence electrons. The van der Waals surface area contributed by atoms with Crippen molar-refractivity contribution in [2.24, 2.45) is 0 Å². The van der Waals surface area contributed by atoms with Crippen molar-refractivity contribution in [2.75, 3.05) is 19.0 Å². The number of aromatic nitrogens is 1. The SMILES string of the molecule is Nc1ccc(-c2ccc3cccc(OC(CO)CF)c3n2)cc1. The van der Waals surface area contributed by atoms with E-state index < -0.39 is 12.8 Å². The van der Waals surface area contributed by atoms with Crippen LogP contribution in [0.2, 0.25) is 0 Å². The van der Waals surface area contributed by atoms with Crippen LogP contribution in [0.25, 0.3) is 22.2 Å². The number of fused-ring (bicyclic) bond motifs is 1. The van der Waals surface area contributed by atoms with Gasteiger partial charge < -0.3 is 15.6 Å². The van der Waals surface area contributed by atoms with E-state index in [2.05, 4.69) is 4.98 Å². The number of hydrogen-bond donors (Lipinski definition) is 2. The third-order valence-electron chi connectivity index (χ3n) is 3.56. The topological polar surface area (TPSA) is 68.4 Å². The molecule has 5 heteroatoms. The van der Waals surface area contributed by atoms with Gasteiger partial charge in [0.05, 0.1) is 12.3 Å². The van der Waals surface area contributed by atoms with Crippen molar-refractivity contribution in [3.05, 3.63) is 54.6 Å². The summed E-state index contributed by atoms with van der Waals surface area (Å²) in [7, 11) is 0. The molecule has 0 aliphatic heterocycles. The molecule has 0 radical (unpaired) electrons. The predicted octanol–water partition coefficient (Wildman–Crippen LogP) is 3.19. The van der Waals surface area contributed by atoms with E-state index in [-0.39, 0.29) is 6.61 Å². The molecule has 0 saturated heterocycles. The van der Waals surface area contributed by atoms with Crippen LogP contribution < -0.4 is 10.5 Å². The Morgan fingerprint density at radius 3 is 2.57 bits per heavy atom. The van der Waals surface area contributed by atoms with E-state index in [4.69, 9.17) is 15.6 Å². The minimum absolute atomic E-state index is 0.384. The van der Waals surface area contributed by atoms with Gasteiger partial charge in [-0.1, -0.05) is 30.3 Å². The lowest BCUT2D eigenvalue weighted by atomic mass is 10.1. The average Bonchev–Trinajstić information content (AvgIpc) is 2.60. The zero-order chi connectivity index (χ0) is 16.2. The molecule has 0 saturated carbocycles. The number of nitrogens with two attached hydrogens (primary N) is 1. The second-order valence-corrected chi connectivity index (χ2v) is 5.22. The van der Waals surface area contributed by atoms with Crippen molar-refractivity contribution < 1.29 is 14.2 Å². The Kier molecular flexibility index (Phi) is 4.39. The lowest BCUT2D eigenvalue weighted by molar-refractivity contribution is 0.0943. The lowest BCUT2D eigenvalue weighted by Crippen LogP contribution is -2.23. The summed E-state index contributed by atoms with van der Waals surface area (Å²) in [6, 6.07) is 16.7. The summed E-state index contributed by atoms with van der Waals surface area (Å²) in [4.78, 5) is 4.63. The minimum atomic E-state index is -0.887. The molecular formula is C18H17FN2O2. The van der Waals surface area contributed by atoms with Crippen molar-refractivity contribution >= 4 is 16.6 Å². The molecule has 4 nitrogen and oxygen atoms in total. The van der Waals surface area contributed by atoms with E-state index in [0.717, 1.165) is 16.6 Å². The number of aliphatic hydroxyl groups excluding tert-OH is 1. The van der Waals surface area contributed by atoms with Gasteiger partial charge in [-0.3, -0.25) is 0 Å². The van der Waals surface area contributed by atoms with E-state index in [9.17, 15) is 4.39 Å². The number of nitrogen functional groups attached to an aromatic ring is 1. The Bertz CT molecular complexity index is 802. The van der Waals surface area contributed by atoms with Gasteiger partial charge in [0.15, 0.2) is 0 Å². The van der Waals surface area contributed by atoms with Crippen LogP contribution in [0.3, 0.4) is 0 Å². The summed E-state index contributed by atoms with van der Waals surface area (Å²) in [6.07, 6.45) is -0.887. The van der Waals surface area contributed by atoms with Crippen LogP contribution in [0.1, 0.15) is 0 Å². The first-order valence-electron chi connectivity index (χ1n) is 7.30. The van der Waals surface area contributed by atoms with Crippen molar-refractivity contribution in [2.45, 2.75) is 6.10 Å². The van der Waals surface area contributed by atoms with Gasteiger partial charge in [-0.25, -0.2) is 9.37 Å². The first kappa shape index (κ1) is 15.2. The van der Waals surface area contributed by atoms with Gasteiger partial charge in [0.2, 0.25) is 0 Å². The van der Waals surface area contributed by atoms with Crippen LogP contribution >= 0.6 is 0 Å². The molecule has 0 bridgehead atoms. The Labute approximate surface area is 133 Å². The van der Waals surface area contributed by atoms with E-state index in [1.54, 1.807) is 6.07 Å². The standard InChI is InChI=1S/C18H17FN2O2/c19-10-15(11-22)23-17-3-1-2-13-6-9-16(21-18(13)17)12-4-7-14(20)8-5-12/h1-9,15,22H,10-11,20H2. The molecule has 1 unspecified atom stereocenters. The highest BCUT2D eigenvalue weighted by atomic mass is 19.1. The van der Waals surface area contributed by atoms with Crippen LogP contribution in [-0.2, 0) is 0 Å². The molecule has 3 N–H and O–H groups in total. The molecule has 0 aliphatic carbocycles. The third kappa shape index (κ3) is 3.24. The van der Waals surface area contributed by atoms with Gasteiger partial charge in [-0.2, -0.15) is 0 Å². The number of nitrogens with zero attached hydrogens (tertiary/aromatic N) is 1. The molecule has 1 heterocycles. The Balaban J connectivity index is 2.05. The van der Waals surface area contributed by atoms with E-state index in [0.29, 0.717) is 17.0 Å². The van der Waals surface area contributed by atoms with Gasteiger partial charge in [0.1, 0.15) is 24.0 Å². The van der Waals surface area contributed by atoms with Crippen molar-refractivity contribution in [3.8, 4) is 17.0 Å². The summed E-state index contributed by atoms with van der Waals surface area (Å²) in [5.74, 6) is 0.455. The summed E-state index contributed by atoms with van der Waals surface area (Å²) in [5.41, 5.74) is 8.73. The zero-order valence-electron chi connectivity index (χ0n) is 12.4. The third-order valence-corrected chi connectivity index (χ3v) is 3.56. The first-order valence-corrected chi connectivity index (χ1v) is 7.30. The van der Waals surface area contributed by atoms with Crippen LogP contribution in [0, 0.1) is 0 Å². The molecule has 0 amide bonds.